The topological polar surface area (TPSA) is 102 Å². The second kappa shape index (κ2) is 8.97. The SMILES string of the molecule is Cc1cc([N+](=O)[O-])ccc1-n1c(C)cc(/C=N/NC(=O)CN2CCOCC2)c1C. The smallest absolute Gasteiger partial charge is 0.269 e. The van der Waals surface area contributed by atoms with Gasteiger partial charge in [-0.2, -0.15) is 5.10 Å². The molecule has 1 aliphatic heterocycles. The van der Waals surface area contributed by atoms with Crippen LogP contribution >= 0.6 is 0 Å². The lowest BCUT2D eigenvalue weighted by molar-refractivity contribution is -0.384. The first-order chi connectivity index (χ1) is 13.9. The third kappa shape index (κ3) is 4.87. The van der Waals surface area contributed by atoms with Crippen LogP contribution in [0.4, 0.5) is 5.69 Å². The Hall–Kier alpha value is -3.04. The number of nitro groups is 1. The number of hydrazone groups is 1. The van der Waals surface area contributed by atoms with Gasteiger partial charge >= 0.3 is 0 Å². The van der Waals surface area contributed by atoms with E-state index in [1.165, 1.54) is 6.07 Å². The summed E-state index contributed by atoms with van der Waals surface area (Å²) in [5, 5.41) is 15.1. The fraction of sp³-hybridized carbons (Fsp3) is 0.400. The summed E-state index contributed by atoms with van der Waals surface area (Å²) in [5.41, 5.74) is 7.10. The van der Waals surface area contributed by atoms with Gasteiger partial charge in [0, 0.05) is 47.9 Å². The Labute approximate surface area is 169 Å². The van der Waals surface area contributed by atoms with Crippen LogP contribution in [0.1, 0.15) is 22.5 Å². The minimum atomic E-state index is -0.399. The van der Waals surface area contributed by atoms with E-state index < -0.39 is 4.92 Å². The van der Waals surface area contributed by atoms with Gasteiger partial charge in [0.05, 0.1) is 30.9 Å². The predicted molar refractivity (Wildman–Crippen MR) is 110 cm³/mol. The van der Waals surface area contributed by atoms with E-state index in [1.807, 2.05) is 36.3 Å². The number of nitro benzene ring substituents is 1. The van der Waals surface area contributed by atoms with E-state index in [-0.39, 0.29) is 11.6 Å². The Balaban J connectivity index is 1.71. The van der Waals surface area contributed by atoms with Crippen molar-refractivity contribution in [2.45, 2.75) is 20.8 Å². The van der Waals surface area contributed by atoms with Crippen molar-refractivity contribution in [2.75, 3.05) is 32.8 Å². The molecule has 1 fully saturated rings. The number of carbonyl (C=O) groups is 1. The molecule has 9 nitrogen and oxygen atoms in total. The summed E-state index contributed by atoms with van der Waals surface area (Å²) in [6.07, 6.45) is 1.62. The average Bonchev–Trinajstić information content (AvgIpc) is 2.96. The van der Waals surface area contributed by atoms with E-state index in [9.17, 15) is 14.9 Å². The van der Waals surface area contributed by atoms with Gasteiger partial charge in [-0.1, -0.05) is 0 Å². The van der Waals surface area contributed by atoms with Crippen molar-refractivity contribution < 1.29 is 14.5 Å². The molecule has 0 spiro atoms. The molecular weight excluding hydrogens is 374 g/mol. The van der Waals surface area contributed by atoms with Gasteiger partial charge in [0.2, 0.25) is 0 Å². The molecular formula is C20H25N5O4. The Morgan fingerprint density at radius 1 is 1.28 bits per heavy atom. The molecule has 1 aromatic heterocycles. The summed E-state index contributed by atoms with van der Waals surface area (Å²) in [5.74, 6) is -0.164. The first kappa shape index (κ1) is 20.7. The molecule has 3 rings (SSSR count). The van der Waals surface area contributed by atoms with Gasteiger partial charge in [0.25, 0.3) is 11.6 Å². The molecule has 1 amide bonds. The van der Waals surface area contributed by atoms with Crippen molar-refractivity contribution in [3.05, 3.63) is 56.9 Å². The number of morpholine rings is 1. The van der Waals surface area contributed by atoms with Crippen molar-refractivity contribution in [1.29, 1.82) is 0 Å². The first-order valence-electron chi connectivity index (χ1n) is 9.43. The van der Waals surface area contributed by atoms with Gasteiger partial charge in [-0.15, -0.1) is 0 Å². The maximum atomic E-state index is 12.0. The minimum absolute atomic E-state index is 0.0680. The molecule has 1 N–H and O–H groups in total. The van der Waals surface area contributed by atoms with E-state index in [4.69, 9.17) is 4.74 Å². The lowest BCUT2D eigenvalue weighted by Gasteiger charge is -2.25. The van der Waals surface area contributed by atoms with E-state index in [2.05, 4.69) is 10.5 Å². The Morgan fingerprint density at radius 3 is 2.66 bits per heavy atom. The van der Waals surface area contributed by atoms with Crippen molar-refractivity contribution in [2.24, 2.45) is 5.10 Å². The lowest BCUT2D eigenvalue weighted by Crippen LogP contribution is -2.42. The number of nitrogens with one attached hydrogen (secondary N) is 1. The van der Waals surface area contributed by atoms with Crippen molar-refractivity contribution in [1.82, 2.24) is 14.9 Å². The Morgan fingerprint density at radius 2 is 2.00 bits per heavy atom. The second-order valence-corrected chi connectivity index (χ2v) is 7.07. The molecule has 1 saturated heterocycles. The van der Waals surface area contributed by atoms with Gasteiger partial charge in [-0.05, 0) is 38.5 Å². The first-order valence-corrected chi connectivity index (χ1v) is 9.43. The van der Waals surface area contributed by atoms with E-state index in [0.717, 1.165) is 41.3 Å². The highest BCUT2D eigenvalue weighted by molar-refractivity contribution is 5.84. The zero-order chi connectivity index (χ0) is 21.0. The van der Waals surface area contributed by atoms with Gasteiger partial charge in [0.15, 0.2) is 0 Å². The number of hydrogen-bond acceptors (Lipinski definition) is 6. The van der Waals surface area contributed by atoms with Crippen LogP contribution < -0.4 is 5.43 Å². The molecule has 1 aromatic carbocycles. The largest absolute Gasteiger partial charge is 0.379 e. The standard InChI is InChI=1S/C20H25N5O4/c1-14-10-18(25(27)28)4-5-19(14)24-15(2)11-17(16(24)3)12-21-22-20(26)13-23-6-8-29-9-7-23/h4-5,10-12H,6-9,13H2,1-3H3,(H,22,26)/b21-12+. The van der Waals surface area contributed by atoms with E-state index >= 15 is 0 Å². The fourth-order valence-corrected chi connectivity index (χ4v) is 3.46. The number of nitrogens with zero attached hydrogens (tertiary/aromatic N) is 4. The highest BCUT2D eigenvalue weighted by Gasteiger charge is 2.15. The van der Waals surface area contributed by atoms with Crippen LogP contribution in [0, 0.1) is 30.9 Å². The number of amides is 1. The van der Waals surface area contributed by atoms with Crippen LogP contribution in [0.15, 0.2) is 29.4 Å². The summed E-state index contributed by atoms with van der Waals surface area (Å²) in [6, 6.07) is 6.78. The van der Waals surface area contributed by atoms with Crippen molar-refractivity contribution >= 4 is 17.8 Å². The van der Waals surface area contributed by atoms with Gasteiger partial charge in [-0.3, -0.25) is 19.8 Å². The summed E-state index contributed by atoms with van der Waals surface area (Å²) in [4.78, 5) is 24.6. The third-order valence-corrected chi connectivity index (χ3v) is 4.97. The van der Waals surface area contributed by atoms with Crippen molar-refractivity contribution in [3.8, 4) is 5.69 Å². The van der Waals surface area contributed by atoms with Gasteiger partial charge in [0.1, 0.15) is 0 Å². The van der Waals surface area contributed by atoms with E-state index in [1.54, 1.807) is 18.3 Å². The minimum Gasteiger partial charge on any atom is -0.379 e. The summed E-state index contributed by atoms with van der Waals surface area (Å²) >= 11 is 0. The van der Waals surface area contributed by atoms with Crippen LogP contribution in [-0.4, -0.2) is 59.4 Å². The summed E-state index contributed by atoms with van der Waals surface area (Å²) in [6.45, 7) is 8.82. The van der Waals surface area contributed by atoms with Crippen LogP contribution in [0.5, 0.6) is 0 Å². The molecule has 2 heterocycles. The van der Waals surface area contributed by atoms with Crippen LogP contribution in [0.3, 0.4) is 0 Å². The quantitative estimate of drug-likeness (QED) is 0.455. The molecule has 9 heteroatoms. The molecule has 0 saturated carbocycles. The third-order valence-electron chi connectivity index (χ3n) is 4.97. The summed E-state index contributed by atoms with van der Waals surface area (Å²) in [7, 11) is 0. The van der Waals surface area contributed by atoms with Crippen LogP contribution in [0.25, 0.3) is 5.69 Å². The van der Waals surface area contributed by atoms with Gasteiger partial charge in [-0.25, -0.2) is 5.43 Å². The second-order valence-electron chi connectivity index (χ2n) is 7.07. The van der Waals surface area contributed by atoms with Crippen LogP contribution in [-0.2, 0) is 9.53 Å². The highest BCUT2D eigenvalue weighted by Crippen LogP contribution is 2.25. The summed E-state index contributed by atoms with van der Waals surface area (Å²) < 4.78 is 7.30. The highest BCUT2D eigenvalue weighted by atomic mass is 16.6. The van der Waals surface area contributed by atoms with Crippen molar-refractivity contribution in [3.63, 3.8) is 0 Å². The molecule has 154 valence electrons. The normalized spacial score (nSPS) is 15.0. The average molecular weight is 399 g/mol. The number of aryl methyl sites for hydroxylation is 2. The molecule has 0 unspecified atom stereocenters. The zero-order valence-corrected chi connectivity index (χ0v) is 16.8. The Bertz CT molecular complexity index is 945. The number of benzene rings is 1. The Kier molecular flexibility index (Phi) is 6.40. The lowest BCUT2D eigenvalue weighted by atomic mass is 10.1. The maximum absolute atomic E-state index is 12.0. The molecule has 1 aliphatic rings. The number of carbonyl (C=O) groups excluding carboxylic acids is 1. The van der Waals surface area contributed by atoms with E-state index in [0.29, 0.717) is 19.8 Å². The predicted octanol–water partition coefficient (Wildman–Crippen LogP) is 2.09. The molecule has 0 aliphatic carbocycles. The monoisotopic (exact) mass is 399 g/mol. The fourth-order valence-electron chi connectivity index (χ4n) is 3.46. The number of hydrogen-bond donors (Lipinski definition) is 1. The molecule has 2 aromatic rings. The molecule has 0 bridgehead atoms. The van der Waals surface area contributed by atoms with Crippen LogP contribution in [0.2, 0.25) is 0 Å². The molecule has 0 radical (unpaired) electrons. The number of aromatic nitrogens is 1. The zero-order valence-electron chi connectivity index (χ0n) is 16.8. The number of ether oxygens (including phenoxy) is 1. The molecule has 0 atom stereocenters. The molecule has 29 heavy (non-hydrogen) atoms. The number of rotatable bonds is 6. The maximum Gasteiger partial charge on any atom is 0.269 e. The number of non-ortho nitro benzene ring substituents is 1. The van der Waals surface area contributed by atoms with Gasteiger partial charge < -0.3 is 9.30 Å².